The maximum atomic E-state index is 10.5. The second kappa shape index (κ2) is 6.21. The predicted molar refractivity (Wildman–Crippen MR) is 51.0 cm³/mol. The van der Waals surface area contributed by atoms with E-state index in [0.29, 0.717) is 0 Å². The van der Waals surface area contributed by atoms with Crippen LogP contribution >= 0.6 is 0 Å². The third kappa shape index (κ3) is 4.50. The number of rotatable bonds is 3. The van der Waals surface area contributed by atoms with Gasteiger partial charge in [-0.1, -0.05) is 17.3 Å². The fraction of sp³-hybridized carbons (Fsp3) is 0.125. The van der Waals surface area contributed by atoms with Gasteiger partial charge in [-0.05, 0) is 12.1 Å². The summed E-state index contributed by atoms with van der Waals surface area (Å²) in [4.78, 5) is 0. The molecule has 0 aliphatic heterocycles. The largest absolute Gasteiger partial charge is 1.00 e. The molecule has 0 atom stereocenters. The Kier molecular flexibility index (Phi) is 5.98. The number of phenolic OH excluding ortho intramolecular Hbond substituents is 1. The Balaban J connectivity index is 0.00000225. The van der Waals surface area contributed by atoms with Crippen molar-refractivity contribution in [1.82, 2.24) is 0 Å². The number of benzene rings is 1. The van der Waals surface area contributed by atoms with Crippen molar-refractivity contribution in [3.8, 4) is 5.75 Å². The van der Waals surface area contributed by atoms with Crippen LogP contribution in [0.4, 0.5) is 0 Å². The first-order valence-corrected chi connectivity index (χ1v) is 5.44. The van der Waals surface area contributed by atoms with Gasteiger partial charge in [0.05, 0.1) is 5.75 Å². The van der Waals surface area contributed by atoms with Crippen LogP contribution in [0.25, 0.3) is 0 Å². The van der Waals surface area contributed by atoms with Gasteiger partial charge in [0.15, 0.2) is 0 Å². The van der Waals surface area contributed by atoms with E-state index >= 15 is 0 Å². The Morgan fingerprint density at radius 2 is 1.94 bits per heavy atom. The van der Waals surface area contributed by atoms with Crippen LogP contribution in [0.2, 0.25) is 0 Å². The minimum Gasteiger partial charge on any atom is -0.748 e. The van der Waals surface area contributed by atoms with Crippen molar-refractivity contribution < 1.29 is 52.8 Å². The fourth-order valence-corrected chi connectivity index (χ4v) is 1.59. The smallest absolute Gasteiger partial charge is 0.748 e. The standard InChI is InChI=1S/C8H9NO5S.Na/c10-8-4-2-1-3-6(8)7(9-11)5-15(12,13)14;/h1-4,10-11H,5H2,(H,12,13,14);/q;+1/p-1. The van der Waals surface area contributed by atoms with Crippen LogP contribution in [-0.4, -0.2) is 34.7 Å². The molecule has 0 fully saturated rings. The molecule has 8 heteroatoms. The van der Waals surface area contributed by atoms with E-state index in [0.717, 1.165) is 0 Å². The van der Waals surface area contributed by atoms with Crippen LogP contribution in [0.3, 0.4) is 0 Å². The average molecular weight is 253 g/mol. The molecule has 0 unspecified atom stereocenters. The van der Waals surface area contributed by atoms with E-state index in [9.17, 15) is 18.1 Å². The molecule has 0 saturated heterocycles. The predicted octanol–water partition coefficient (Wildman–Crippen LogP) is -2.88. The van der Waals surface area contributed by atoms with E-state index in [2.05, 4.69) is 5.16 Å². The quantitative estimate of drug-likeness (QED) is 0.198. The van der Waals surface area contributed by atoms with E-state index in [4.69, 9.17) is 5.21 Å². The number of hydrogen-bond acceptors (Lipinski definition) is 6. The van der Waals surface area contributed by atoms with Crippen molar-refractivity contribution in [3.63, 3.8) is 0 Å². The summed E-state index contributed by atoms with van der Waals surface area (Å²) in [6, 6.07) is 5.66. The zero-order valence-electron chi connectivity index (χ0n) is 8.49. The molecular formula is C8H8NNaO5S. The van der Waals surface area contributed by atoms with Crippen LogP contribution < -0.4 is 29.6 Å². The molecule has 0 aliphatic carbocycles. The fourth-order valence-electron chi connectivity index (χ4n) is 1.05. The van der Waals surface area contributed by atoms with Crippen molar-refractivity contribution >= 4 is 15.8 Å². The van der Waals surface area contributed by atoms with E-state index in [1.165, 1.54) is 24.3 Å². The molecule has 1 aromatic carbocycles. The molecule has 0 heterocycles. The summed E-state index contributed by atoms with van der Waals surface area (Å²) in [5.41, 5.74) is -0.373. The van der Waals surface area contributed by atoms with Crippen molar-refractivity contribution in [1.29, 1.82) is 0 Å². The Bertz CT molecular complexity index is 485. The van der Waals surface area contributed by atoms with Crippen molar-refractivity contribution in [2.45, 2.75) is 0 Å². The van der Waals surface area contributed by atoms with Crippen LogP contribution in [0.15, 0.2) is 29.4 Å². The summed E-state index contributed by atoms with van der Waals surface area (Å²) in [7, 11) is -4.55. The van der Waals surface area contributed by atoms with Gasteiger partial charge in [-0.15, -0.1) is 0 Å². The Morgan fingerprint density at radius 3 is 2.38 bits per heavy atom. The maximum Gasteiger partial charge on any atom is 1.00 e. The van der Waals surface area contributed by atoms with Gasteiger partial charge >= 0.3 is 29.6 Å². The molecule has 0 radical (unpaired) electrons. The number of phenols is 1. The molecule has 0 amide bonds. The van der Waals surface area contributed by atoms with Gasteiger partial charge in [0.2, 0.25) is 0 Å². The Hall–Kier alpha value is -0.600. The van der Waals surface area contributed by atoms with Gasteiger partial charge < -0.3 is 14.9 Å². The summed E-state index contributed by atoms with van der Waals surface area (Å²) in [5.74, 6) is -1.23. The minimum absolute atomic E-state index is 0. The molecule has 6 nitrogen and oxygen atoms in total. The first-order valence-electron chi connectivity index (χ1n) is 3.87. The Labute approximate surface area is 115 Å². The summed E-state index contributed by atoms with van der Waals surface area (Å²) >= 11 is 0. The van der Waals surface area contributed by atoms with E-state index in [-0.39, 0.29) is 46.6 Å². The minimum atomic E-state index is -4.55. The van der Waals surface area contributed by atoms with Gasteiger partial charge in [0.1, 0.15) is 21.6 Å². The van der Waals surface area contributed by atoms with Crippen LogP contribution in [-0.2, 0) is 10.1 Å². The third-order valence-corrected chi connectivity index (χ3v) is 2.28. The SMILES string of the molecule is O=S(=O)([O-])CC(=NO)c1ccccc1O.[Na+]. The number of aromatic hydroxyl groups is 1. The number of para-hydroxylation sites is 1. The zero-order chi connectivity index (χ0) is 11.5. The summed E-state index contributed by atoms with van der Waals surface area (Å²) in [6.07, 6.45) is 0. The van der Waals surface area contributed by atoms with E-state index < -0.39 is 15.9 Å². The summed E-state index contributed by atoms with van der Waals surface area (Å²) in [6.45, 7) is 0. The second-order valence-electron chi connectivity index (χ2n) is 2.77. The number of hydrogen-bond donors (Lipinski definition) is 2. The molecule has 2 N–H and O–H groups in total. The Morgan fingerprint density at radius 1 is 1.38 bits per heavy atom. The van der Waals surface area contributed by atoms with Crippen molar-refractivity contribution in [2.24, 2.45) is 5.16 Å². The van der Waals surface area contributed by atoms with E-state index in [1.807, 2.05) is 0 Å². The van der Waals surface area contributed by atoms with Gasteiger partial charge in [0.25, 0.3) is 0 Å². The monoisotopic (exact) mass is 253 g/mol. The first-order chi connectivity index (χ1) is 6.94. The van der Waals surface area contributed by atoms with Crippen molar-refractivity contribution in [3.05, 3.63) is 29.8 Å². The van der Waals surface area contributed by atoms with Crippen LogP contribution in [0, 0.1) is 0 Å². The first kappa shape index (κ1) is 15.4. The summed E-state index contributed by atoms with van der Waals surface area (Å²) in [5, 5.41) is 20.5. The van der Waals surface area contributed by atoms with Crippen molar-refractivity contribution in [2.75, 3.05) is 5.75 Å². The normalized spacial score (nSPS) is 11.9. The number of nitrogens with zero attached hydrogens (tertiary/aromatic N) is 1. The van der Waals surface area contributed by atoms with Gasteiger partial charge in [-0.3, -0.25) is 0 Å². The molecule has 82 valence electrons. The molecule has 1 aromatic rings. The second-order valence-corrected chi connectivity index (χ2v) is 4.17. The van der Waals surface area contributed by atoms with Gasteiger partial charge in [-0.2, -0.15) is 0 Å². The van der Waals surface area contributed by atoms with E-state index in [1.54, 1.807) is 0 Å². The number of oxime groups is 1. The van der Waals surface area contributed by atoms with Gasteiger partial charge in [0, 0.05) is 5.56 Å². The molecule has 1 rings (SSSR count). The average Bonchev–Trinajstić information content (AvgIpc) is 2.14. The topological polar surface area (TPSA) is 110 Å². The maximum absolute atomic E-state index is 10.5. The molecule has 0 saturated carbocycles. The zero-order valence-corrected chi connectivity index (χ0v) is 11.3. The van der Waals surface area contributed by atoms with Gasteiger partial charge in [-0.25, -0.2) is 8.42 Å². The molecule has 0 spiro atoms. The molecule has 0 aliphatic rings. The molecule has 0 aromatic heterocycles. The molecular weight excluding hydrogens is 245 g/mol. The molecule has 16 heavy (non-hydrogen) atoms. The summed E-state index contributed by atoms with van der Waals surface area (Å²) < 4.78 is 31.4. The third-order valence-electron chi connectivity index (χ3n) is 1.65. The van der Waals surface area contributed by atoms with Crippen LogP contribution in [0.1, 0.15) is 5.56 Å². The molecule has 0 bridgehead atoms. The van der Waals surface area contributed by atoms with Crippen LogP contribution in [0.5, 0.6) is 5.75 Å².